The summed E-state index contributed by atoms with van der Waals surface area (Å²) < 4.78 is 6.18. The highest BCUT2D eigenvalue weighted by molar-refractivity contribution is 9.10. The van der Waals surface area contributed by atoms with Crippen LogP contribution in [0.1, 0.15) is 18.2 Å². The molecule has 2 aromatic rings. The molecule has 0 aliphatic carbocycles. The van der Waals surface area contributed by atoms with Crippen LogP contribution in [-0.2, 0) is 6.42 Å². The summed E-state index contributed by atoms with van der Waals surface area (Å²) in [6.45, 7) is 5.65. The van der Waals surface area contributed by atoms with Gasteiger partial charge in [-0.2, -0.15) is 0 Å². The Morgan fingerprint density at radius 3 is 2.88 bits per heavy atom. The minimum Gasteiger partial charge on any atom is -0.460 e. The summed E-state index contributed by atoms with van der Waals surface area (Å²) in [4.78, 5) is 12.1. The molecule has 2 nitrogen and oxygen atoms in total. The monoisotopic (exact) mass is 278 g/mol. The number of benzene rings is 1. The summed E-state index contributed by atoms with van der Waals surface area (Å²) >= 11 is 3.28. The van der Waals surface area contributed by atoms with Gasteiger partial charge in [-0.05, 0) is 27.6 Å². The van der Waals surface area contributed by atoms with Crippen molar-refractivity contribution in [2.24, 2.45) is 0 Å². The molecule has 0 fully saturated rings. The molecule has 0 amide bonds. The first-order chi connectivity index (χ1) is 7.69. The van der Waals surface area contributed by atoms with Gasteiger partial charge < -0.3 is 4.42 Å². The minimum atomic E-state index is -0.0337. The molecule has 0 spiro atoms. The highest BCUT2D eigenvalue weighted by Crippen LogP contribution is 2.23. The number of fused-ring (bicyclic) bond motifs is 1. The highest BCUT2D eigenvalue weighted by atomic mass is 79.9. The highest BCUT2D eigenvalue weighted by Gasteiger charge is 2.12. The first-order valence-electron chi connectivity index (χ1n) is 5.05. The largest absolute Gasteiger partial charge is 0.460 e. The molecule has 2 rings (SSSR count). The molecule has 16 heavy (non-hydrogen) atoms. The number of hydrogen-bond acceptors (Lipinski definition) is 2. The predicted octanol–water partition coefficient (Wildman–Crippen LogP) is 3.76. The summed E-state index contributed by atoms with van der Waals surface area (Å²) in [5.74, 6) is 0.679. The third-order valence-corrected chi connectivity index (χ3v) is 3.31. The van der Waals surface area contributed by atoms with Crippen molar-refractivity contribution < 1.29 is 4.42 Å². The molecule has 0 aliphatic heterocycles. The lowest BCUT2D eigenvalue weighted by atomic mass is 10.1. The average molecular weight is 279 g/mol. The second-order valence-electron chi connectivity index (χ2n) is 3.45. The molecule has 0 atom stereocenters. The van der Waals surface area contributed by atoms with Gasteiger partial charge in [-0.1, -0.05) is 31.7 Å². The van der Waals surface area contributed by atoms with E-state index in [4.69, 9.17) is 4.42 Å². The van der Waals surface area contributed by atoms with Gasteiger partial charge in [-0.15, -0.1) is 0 Å². The summed E-state index contributed by atoms with van der Waals surface area (Å²) in [6, 6.07) is 5.51. The zero-order valence-electron chi connectivity index (χ0n) is 8.92. The molecular weight excluding hydrogens is 268 g/mol. The fraction of sp³-hybridized carbons (Fsp3) is 0.154. The van der Waals surface area contributed by atoms with Crippen LogP contribution in [0.5, 0.6) is 0 Å². The topological polar surface area (TPSA) is 30.2 Å². The van der Waals surface area contributed by atoms with Crippen molar-refractivity contribution in [2.45, 2.75) is 13.3 Å². The second-order valence-corrected chi connectivity index (χ2v) is 4.24. The van der Waals surface area contributed by atoms with Gasteiger partial charge in [0.15, 0.2) is 0 Å². The third kappa shape index (κ3) is 1.61. The maximum Gasteiger partial charge on any atom is 0.207 e. The smallest absolute Gasteiger partial charge is 0.207 e. The molecule has 1 heterocycles. The Hall–Kier alpha value is -1.35. The van der Waals surface area contributed by atoms with Crippen LogP contribution in [0.4, 0.5) is 0 Å². The van der Waals surface area contributed by atoms with E-state index < -0.39 is 0 Å². The fourth-order valence-corrected chi connectivity index (χ4v) is 2.25. The van der Waals surface area contributed by atoms with Gasteiger partial charge in [-0.3, -0.25) is 4.79 Å². The van der Waals surface area contributed by atoms with Crippen LogP contribution in [-0.4, -0.2) is 0 Å². The predicted molar refractivity (Wildman–Crippen MR) is 69.7 cm³/mol. The van der Waals surface area contributed by atoms with Crippen molar-refractivity contribution in [1.29, 1.82) is 0 Å². The molecule has 0 saturated heterocycles. The van der Waals surface area contributed by atoms with Crippen molar-refractivity contribution in [3.05, 3.63) is 50.8 Å². The van der Waals surface area contributed by atoms with Crippen molar-refractivity contribution >= 4 is 33.0 Å². The van der Waals surface area contributed by atoms with Crippen molar-refractivity contribution in [3.63, 3.8) is 0 Å². The van der Waals surface area contributed by atoms with Gasteiger partial charge in [0.2, 0.25) is 5.43 Å². The standard InChI is InChI=1S/C13H11BrO2/c1-3-8-6-5-7-10-11(8)13(15)12(14)9(4-2)16-10/h3,5-7H,1,4H2,2H3. The summed E-state index contributed by atoms with van der Waals surface area (Å²) in [6.07, 6.45) is 2.35. The second kappa shape index (κ2) is 4.26. The van der Waals surface area contributed by atoms with Crippen LogP contribution in [0.15, 0.2) is 38.5 Å². The Bertz CT molecular complexity index is 611. The Balaban J connectivity index is 2.98. The van der Waals surface area contributed by atoms with Crippen molar-refractivity contribution in [2.75, 3.05) is 0 Å². The van der Waals surface area contributed by atoms with E-state index in [0.717, 1.165) is 5.56 Å². The van der Waals surface area contributed by atoms with E-state index in [9.17, 15) is 4.79 Å². The molecule has 1 aromatic carbocycles. The molecule has 3 heteroatoms. The number of rotatable bonds is 2. The molecule has 0 saturated carbocycles. The average Bonchev–Trinajstić information content (AvgIpc) is 2.32. The number of hydrogen-bond donors (Lipinski definition) is 0. The van der Waals surface area contributed by atoms with Crippen LogP contribution >= 0.6 is 15.9 Å². The minimum absolute atomic E-state index is 0.0337. The molecule has 0 unspecified atom stereocenters. The quantitative estimate of drug-likeness (QED) is 0.837. The van der Waals surface area contributed by atoms with Crippen LogP contribution in [0.3, 0.4) is 0 Å². The van der Waals surface area contributed by atoms with Crippen LogP contribution in [0.25, 0.3) is 17.0 Å². The molecular formula is C13H11BrO2. The number of aryl methyl sites for hydroxylation is 1. The summed E-state index contributed by atoms with van der Waals surface area (Å²) in [5.41, 5.74) is 1.38. The van der Waals surface area contributed by atoms with Crippen LogP contribution in [0.2, 0.25) is 0 Å². The lowest BCUT2D eigenvalue weighted by molar-refractivity contribution is 0.538. The molecule has 82 valence electrons. The van der Waals surface area contributed by atoms with E-state index in [2.05, 4.69) is 22.5 Å². The molecule has 0 bridgehead atoms. The molecule has 0 radical (unpaired) electrons. The fourth-order valence-electron chi connectivity index (χ4n) is 1.69. The van der Waals surface area contributed by atoms with E-state index in [1.807, 2.05) is 19.1 Å². The zero-order valence-corrected chi connectivity index (χ0v) is 10.5. The van der Waals surface area contributed by atoms with E-state index in [0.29, 0.717) is 27.6 Å². The maximum absolute atomic E-state index is 12.1. The Kier molecular flexibility index (Phi) is 2.97. The first kappa shape index (κ1) is 11.1. The zero-order chi connectivity index (χ0) is 11.7. The summed E-state index contributed by atoms with van der Waals surface area (Å²) in [7, 11) is 0. The lowest BCUT2D eigenvalue weighted by Gasteiger charge is -2.05. The van der Waals surface area contributed by atoms with Crippen LogP contribution < -0.4 is 5.43 Å². The maximum atomic E-state index is 12.1. The molecule has 1 aromatic heterocycles. The van der Waals surface area contributed by atoms with Gasteiger partial charge in [0.1, 0.15) is 15.8 Å². The van der Waals surface area contributed by atoms with Gasteiger partial charge in [0.25, 0.3) is 0 Å². The van der Waals surface area contributed by atoms with Crippen molar-refractivity contribution in [3.8, 4) is 0 Å². The van der Waals surface area contributed by atoms with Gasteiger partial charge in [0, 0.05) is 6.42 Å². The lowest BCUT2D eigenvalue weighted by Crippen LogP contribution is -2.07. The Morgan fingerprint density at radius 1 is 1.50 bits per heavy atom. The number of halogens is 1. The molecule has 0 N–H and O–H groups in total. The van der Waals surface area contributed by atoms with Gasteiger partial charge >= 0.3 is 0 Å². The normalized spacial score (nSPS) is 10.6. The molecule has 0 aliphatic rings. The third-order valence-electron chi connectivity index (χ3n) is 2.50. The van der Waals surface area contributed by atoms with Crippen molar-refractivity contribution in [1.82, 2.24) is 0 Å². The van der Waals surface area contributed by atoms with E-state index >= 15 is 0 Å². The van der Waals surface area contributed by atoms with Crippen LogP contribution in [0, 0.1) is 0 Å². The van der Waals surface area contributed by atoms with Gasteiger partial charge in [0.05, 0.1) is 5.39 Å². The van der Waals surface area contributed by atoms with E-state index in [1.165, 1.54) is 0 Å². The Morgan fingerprint density at radius 2 is 2.25 bits per heavy atom. The van der Waals surface area contributed by atoms with Gasteiger partial charge in [-0.25, -0.2) is 0 Å². The first-order valence-corrected chi connectivity index (χ1v) is 5.85. The SMILES string of the molecule is C=Cc1cccc2oc(CC)c(Br)c(=O)c12. The summed E-state index contributed by atoms with van der Waals surface area (Å²) in [5, 5.41) is 0.585. The Labute approximate surface area is 102 Å². The van der Waals surface area contributed by atoms with E-state index in [1.54, 1.807) is 12.1 Å². The van der Waals surface area contributed by atoms with E-state index in [-0.39, 0.29) is 5.43 Å².